The van der Waals surface area contributed by atoms with Crippen LogP contribution >= 0.6 is 0 Å². The lowest BCUT2D eigenvalue weighted by Crippen LogP contribution is -2.60. The number of aliphatic hydroxyl groups is 1. The third kappa shape index (κ3) is 5.44. The number of pyridine rings is 2. The highest BCUT2D eigenvalue weighted by atomic mass is 16.3. The van der Waals surface area contributed by atoms with Gasteiger partial charge < -0.3 is 19.4 Å². The summed E-state index contributed by atoms with van der Waals surface area (Å²) in [6.07, 6.45) is 20.2. The van der Waals surface area contributed by atoms with Gasteiger partial charge in [-0.2, -0.15) is 0 Å². The second-order valence-corrected chi connectivity index (χ2v) is 11.0. The molecule has 0 aromatic carbocycles. The van der Waals surface area contributed by atoms with E-state index < -0.39 is 5.60 Å². The molecule has 3 aliphatic rings. The number of rotatable bonds is 5. The quantitative estimate of drug-likeness (QED) is 0.652. The largest absolute Gasteiger partial charge is 0.387 e. The maximum absolute atomic E-state index is 12.8. The fourth-order valence-corrected chi connectivity index (χ4v) is 6.61. The summed E-state index contributed by atoms with van der Waals surface area (Å²) in [5, 5.41) is 13.1. The zero-order chi connectivity index (χ0) is 24.0. The molecule has 186 valence electrons. The molecule has 1 atom stereocenters. The highest BCUT2D eigenvalue weighted by Crippen LogP contribution is 2.51. The summed E-state index contributed by atoms with van der Waals surface area (Å²) in [5.41, 5.74) is -0.944. The molecule has 2 aromatic rings. The summed E-state index contributed by atoms with van der Waals surface area (Å²) in [5.74, 6) is 0.874. The summed E-state index contributed by atoms with van der Waals surface area (Å²) >= 11 is 0. The number of piperidine rings is 1. The van der Waals surface area contributed by atoms with Gasteiger partial charge in [-0.3, -0.25) is 9.78 Å². The normalized spacial score (nSPS) is 25.2. The highest BCUT2D eigenvalue weighted by molar-refractivity contribution is 5.80. The number of carbonyl (C=O) groups is 1. The van der Waals surface area contributed by atoms with Crippen LogP contribution < -0.4 is 5.56 Å². The van der Waals surface area contributed by atoms with E-state index in [4.69, 9.17) is 0 Å². The van der Waals surface area contributed by atoms with Gasteiger partial charge in [-0.05, 0) is 56.2 Å². The highest BCUT2D eigenvalue weighted by Gasteiger charge is 2.54. The van der Waals surface area contributed by atoms with Crippen molar-refractivity contribution in [3.8, 4) is 0 Å². The van der Waals surface area contributed by atoms with Crippen molar-refractivity contribution < 1.29 is 9.90 Å². The second kappa shape index (κ2) is 11.1. The molecule has 2 aromatic heterocycles. The number of aromatic nitrogens is 2. The minimum absolute atomic E-state index is 0.0545. The van der Waals surface area contributed by atoms with Crippen LogP contribution in [0.1, 0.15) is 77.0 Å². The van der Waals surface area contributed by atoms with E-state index in [0.717, 1.165) is 62.8 Å². The Labute approximate surface area is 203 Å². The van der Waals surface area contributed by atoms with E-state index in [2.05, 4.69) is 16.9 Å². The third-order valence-electron chi connectivity index (χ3n) is 8.66. The summed E-state index contributed by atoms with van der Waals surface area (Å²) in [7, 11) is 2.13. The molecule has 2 saturated carbocycles. The fourth-order valence-electron chi connectivity index (χ4n) is 6.61. The van der Waals surface area contributed by atoms with Crippen LogP contribution in [-0.2, 0) is 11.3 Å². The molecule has 1 aliphatic heterocycles. The third-order valence-corrected chi connectivity index (χ3v) is 8.66. The first-order valence-electron chi connectivity index (χ1n) is 13.2. The average molecular weight is 468 g/mol. The minimum Gasteiger partial charge on any atom is -0.387 e. The SMILES string of the molecule is CN1CCC(O)(Cn2ccc3ccncc3c2=O)C2(CCCC2)C1.O=CCCC1CCCCC1. The van der Waals surface area contributed by atoms with Crippen LogP contribution in [0.2, 0.25) is 0 Å². The molecule has 1 N–H and O–H groups in total. The summed E-state index contributed by atoms with van der Waals surface area (Å²) in [4.78, 5) is 29.3. The zero-order valence-corrected chi connectivity index (χ0v) is 20.8. The Morgan fingerprint density at radius 3 is 2.62 bits per heavy atom. The van der Waals surface area contributed by atoms with Crippen molar-refractivity contribution in [2.45, 2.75) is 89.2 Å². The van der Waals surface area contributed by atoms with Crippen LogP contribution in [0.5, 0.6) is 0 Å². The van der Waals surface area contributed by atoms with E-state index in [0.29, 0.717) is 11.9 Å². The molecule has 6 heteroatoms. The van der Waals surface area contributed by atoms with Crippen molar-refractivity contribution >= 4 is 17.1 Å². The van der Waals surface area contributed by atoms with Crippen LogP contribution in [0.3, 0.4) is 0 Å². The minimum atomic E-state index is -0.810. The lowest BCUT2D eigenvalue weighted by molar-refractivity contribution is -0.139. The maximum Gasteiger partial charge on any atom is 0.260 e. The first-order valence-corrected chi connectivity index (χ1v) is 13.2. The molecule has 3 fully saturated rings. The number of aldehydes is 1. The van der Waals surface area contributed by atoms with E-state index in [1.807, 2.05) is 18.3 Å². The van der Waals surface area contributed by atoms with Gasteiger partial charge in [0.05, 0.1) is 17.5 Å². The molecule has 1 saturated heterocycles. The van der Waals surface area contributed by atoms with E-state index in [-0.39, 0.29) is 11.0 Å². The predicted molar refractivity (Wildman–Crippen MR) is 136 cm³/mol. The topological polar surface area (TPSA) is 75.4 Å². The molecule has 0 bridgehead atoms. The lowest BCUT2D eigenvalue weighted by Gasteiger charge is -2.51. The van der Waals surface area contributed by atoms with Crippen molar-refractivity contribution in [2.24, 2.45) is 11.3 Å². The van der Waals surface area contributed by atoms with Crippen LogP contribution in [-0.4, -0.2) is 51.6 Å². The first kappa shape index (κ1) is 25.1. The molecule has 2 aliphatic carbocycles. The van der Waals surface area contributed by atoms with Crippen LogP contribution in [0.25, 0.3) is 10.8 Å². The standard InChI is InChI=1S/C19H25N3O2.C9H16O/c1-21-11-8-19(24,18(13-21)6-2-3-7-18)14-22-10-5-15-4-9-20-12-16(15)17(22)23;10-8-4-7-9-5-2-1-3-6-9/h4-5,9-10,12,24H,2-3,6-8,11,13-14H2,1H3;8-9H,1-7H2. The van der Waals surface area contributed by atoms with Crippen molar-refractivity contribution in [1.82, 2.24) is 14.5 Å². The molecule has 0 amide bonds. The van der Waals surface area contributed by atoms with Gasteiger partial charge in [0.25, 0.3) is 5.56 Å². The summed E-state index contributed by atoms with van der Waals surface area (Å²) in [6.45, 7) is 2.18. The number of hydrogen-bond donors (Lipinski definition) is 1. The molecule has 3 heterocycles. The molecule has 1 spiro atoms. The molecular weight excluding hydrogens is 426 g/mol. The van der Waals surface area contributed by atoms with Crippen molar-refractivity contribution in [2.75, 3.05) is 20.1 Å². The van der Waals surface area contributed by atoms with E-state index in [1.165, 1.54) is 44.9 Å². The molecule has 6 nitrogen and oxygen atoms in total. The number of hydrogen-bond acceptors (Lipinski definition) is 5. The predicted octanol–water partition coefficient (Wildman–Crippen LogP) is 4.57. The van der Waals surface area contributed by atoms with Gasteiger partial charge in [0.15, 0.2) is 0 Å². The monoisotopic (exact) mass is 467 g/mol. The molecule has 34 heavy (non-hydrogen) atoms. The molecular formula is C28H41N3O3. The number of likely N-dealkylation sites (tertiary alicyclic amines) is 1. The first-order chi connectivity index (χ1) is 16.5. The molecule has 1 unspecified atom stereocenters. The van der Waals surface area contributed by atoms with Gasteiger partial charge in [0, 0.05) is 43.5 Å². The van der Waals surface area contributed by atoms with Gasteiger partial charge in [0.2, 0.25) is 0 Å². The van der Waals surface area contributed by atoms with E-state index in [9.17, 15) is 14.7 Å². The summed E-state index contributed by atoms with van der Waals surface area (Å²) < 4.78 is 1.69. The Bertz CT molecular complexity index is 1010. The number of carbonyl (C=O) groups excluding carboxylic acids is 1. The summed E-state index contributed by atoms with van der Waals surface area (Å²) in [6, 6.07) is 3.79. The van der Waals surface area contributed by atoms with Crippen molar-refractivity contribution in [1.29, 1.82) is 0 Å². The van der Waals surface area contributed by atoms with Crippen molar-refractivity contribution in [3.05, 3.63) is 41.1 Å². The van der Waals surface area contributed by atoms with Gasteiger partial charge >= 0.3 is 0 Å². The Morgan fingerprint density at radius 1 is 1.12 bits per heavy atom. The number of fused-ring (bicyclic) bond motifs is 1. The lowest BCUT2D eigenvalue weighted by atomic mass is 9.66. The Hall–Kier alpha value is -2.05. The van der Waals surface area contributed by atoms with Crippen LogP contribution in [0, 0.1) is 11.3 Å². The average Bonchev–Trinajstić information content (AvgIpc) is 3.33. The van der Waals surface area contributed by atoms with E-state index >= 15 is 0 Å². The number of nitrogens with zero attached hydrogens (tertiary/aromatic N) is 3. The van der Waals surface area contributed by atoms with Crippen molar-refractivity contribution in [3.63, 3.8) is 0 Å². The Morgan fingerprint density at radius 2 is 1.88 bits per heavy atom. The van der Waals surface area contributed by atoms with Gasteiger partial charge in [-0.15, -0.1) is 0 Å². The van der Waals surface area contributed by atoms with Gasteiger partial charge in [0.1, 0.15) is 6.29 Å². The maximum atomic E-state index is 12.8. The van der Waals surface area contributed by atoms with Crippen LogP contribution in [0.4, 0.5) is 0 Å². The fraction of sp³-hybridized carbons (Fsp3) is 0.679. The molecule has 5 rings (SSSR count). The Balaban J connectivity index is 0.000000231. The van der Waals surface area contributed by atoms with Gasteiger partial charge in [-0.25, -0.2) is 0 Å². The Kier molecular flexibility index (Phi) is 8.20. The zero-order valence-electron chi connectivity index (χ0n) is 20.8. The van der Waals surface area contributed by atoms with E-state index in [1.54, 1.807) is 17.0 Å². The van der Waals surface area contributed by atoms with Gasteiger partial charge in [-0.1, -0.05) is 44.9 Å². The second-order valence-electron chi connectivity index (χ2n) is 11.0. The smallest absolute Gasteiger partial charge is 0.260 e. The molecule has 0 radical (unpaired) electrons. The van der Waals surface area contributed by atoms with Crippen LogP contribution in [0.15, 0.2) is 35.5 Å².